The van der Waals surface area contributed by atoms with Crippen molar-refractivity contribution >= 4 is 17.3 Å². The predicted octanol–water partition coefficient (Wildman–Crippen LogP) is 3.01. The second-order valence-corrected chi connectivity index (χ2v) is 7.65. The summed E-state index contributed by atoms with van der Waals surface area (Å²) in [5.41, 5.74) is 2.53. The van der Waals surface area contributed by atoms with Crippen molar-refractivity contribution in [1.82, 2.24) is 25.0 Å². The molecule has 0 fully saturated rings. The number of hydrogen-bond donors (Lipinski definition) is 1. The molecular weight excluding hydrogens is 384 g/mol. The Morgan fingerprint density at radius 3 is 2.62 bits per heavy atom. The highest BCUT2D eigenvalue weighted by Gasteiger charge is 2.10. The van der Waals surface area contributed by atoms with Crippen LogP contribution in [-0.4, -0.2) is 46.3 Å². The zero-order chi connectivity index (χ0) is 20.6. The van der Waals surface area contributed by atoms with Gasteiger partial charge in [-0.05, 0) is 53.4 Å². The van der Waals surface area contributed by atoms with E-state index < -0.39 is 0 Å². The SMILES string of the molecule is COc1ccc(CCNC(=NCc2nnc(C)n2C)N(C)Cc2ccsc2)cc1. The summed E-state index contributed by atoms with van der Waals surface area (Å²) >= 11 is 1.71. The molecule has 0 aliphatic carbocycles. The van der Waals surface area contributed by atoms with Crippen LogP contribution in [0.25, 0.3) is 0 Å². The van der Waals surface area contributed by atoms with E-state index in [1.165, 1.54) is 11.1 Å². The van der Waals surface area contributed by atoms with Crippen LogP contribution in [0, 0.1) is 6.92 Å². The first-order chi connectivity index (χ1) is 14.1. The number of rotatable bonds is 8. The normalized spacial score (nSPS) is 11.5. The number of nitrogens with zero attached hydrogens (tertiary/aromatic N) is 5. The molecule has 0 bridgehead atoms. The number of aryl methyl sites for hydroxylation is 1. The molecule has 2 heterocycles. The maximum absolute atomic E-state index is 5.23. The van der Waals surface area contributed by atoms with Gasteiger partial charge < -0.3 is 19.5 Å². The summed E-state index contributed by atoms with van der Waals surface area (Å²) < 4.78 is 7.19. The van der Waals surface area contributed by atoms with Gasteiger partial charge in [0.15, 0.2) is 11.8 Å². The fourth-order valence-electron chi connectivity index (χ4n) is 2.89. The van der Waals surface area contributed by atoms with Gasteiger partial charge in [-0.3, -0.25) is 0 Å². The number of ether oxygens (including phenoxy) is 1. The third-order valence-corrected chi connectivity index (χ3v) is 5.50. The summed E-state index contributed by atoms with van der Waals surface area (Å²) in [6, 6.07) is 10.3. The lowest BCUT2D eigenvalue weighted by atomic mass is 10.1. The van der Waals surface area contributed by atoms with Crippen molar-refractivity contribution in [1.29, 1.82) is 0 Å². The van der Waals surface area contributed by atoms with Gasteiger partial charge in [0.05, 0.1) is 7.11 Å². The van der Waals surface area contributed by atoms with Gasteiger partial charge in [0.25, 0.3) is 0 Å². The van der Waals surface area contributed by atoms with Crippen LogP contribution < -0.4 is 10.1 Å². The predicted molar refractivity (Wildman–Crippen MR) is 117 cm³/mol. The van der Waals surface area contributed by atoms with Crippen LogP contribution in [0.2, 0.25) is 0 Å². The highest BCUT2D eigenvalue weighted by molar-refractivity contribution is 7.07. The maximum Gasteiger partial charge on any atom is 0.194 e. The molecule has 0 radical (unpaired) electrons. The lowest BCUT2D eigenvalue weighted by Gasteiger charge is -2.22. The molecule has 3 rings (SSSR count). The molecule has 29 heavy (non-hydrogen) atoms. The Morgan fingerprint density at radius 1 is 1.21 bits per heavy atom. The molecule has 7 nitrogen and oxygen atoms in total. The molecule has 0 unspecified atom stereocenters. The van der Waals surface area contributed by atoms with E-state index in [1.54, 1.807) is 18.4 Å². The average molecular weight is 413 g/mol. The number of aliphatic imine (C=N–C) groups is 1. The number of methoxy groups -OCH3 is 1. The minimum Gasteiger partial charge on any atom is -0.497 e. The fraction of sp³-hybridized carbons (Fsp3) is 0.381. The Bertz CT molecular complexity index is 917. The van der Waals surface area contributed by atoms with E-state index in [4.69, 9.17) is 9.73 Å². The number of hydrogen-bond acceptors (Lipinski definition) is 5. The molecule has 0 saturated carbocycles. The monoisotopic (exact) mass is 412 g/mol. The van der Waals surface area contributed by atoms with Crippen LogP contribution in [0.3, 0.4) is 0 Å². The van der Waals surface area contributed by atoms with Gasteiger partial charge in [-0.1, -0.05) is 12.1 Å². The van der Waals surface area contributed by atoms with Crippen molar-refractivity contribution in [2.75, 3.05) is 20.7 Å². The van der Waals surface area contributed by atoms with Crippen LogP contribution in [0.4, 0.5) is 0 Å². The minimum atomic E-state index is 0.482. The summed E-state index contributed by atoms with van der Waals surface area (Å²) in [6.07, 6.45) is 0.901. The van der Waals surface area contributed by atoms with Gasteiger partial charge in [-0.2, -0.15) is 11.3 Å². The molecule has 3 aromatic rings. The van der Waals surface area contributed by atoms with Crippen LogP contribution in [0.15, 0.2) is 46.1 Å². The van der Waals surface area contributed by atoms with Gasteiger partial charge in [0.1, 0.15) is 18.1 Å². The van der Waals surface area contributed by atoms with Gasteiger partial charge in [0.2, 0.25) is 0 Å². The van der Waals surface area contributed by atoms with Crippen LogP contribution in [0.5, 0.6) is 5.75 Å². The lowest BCUT2D eigenvalue weighted by Crippen LogP contribution is -2.39. The first-order valence-corrected chi connectivity index (χ1v) is 10.5. The summed E-state index contributed by atoms with van der Waals surface area (Å²) in [5, 5.41) is 16.1. The summed E-state index contributed by atoms with van der Waals surface area (Å²) in [7, 11) is 5.70. The van der Waals surface area contributed by atoms with E-state index >= 15 is 0 Å². The lowest BCUT2D eigenvalue weighted by molar-refractivity contribution is 0.414. The van der Waals surface area contributed by atoms with Crippen molar-refractivity contribution in [3.63, 3.8) is 0 Å². The molecule has 1 aromatic carbocycles. The second kappa shape index (κ2) is 10.1. The zero-order valence-corrected chi connectivity index (χ0v) is 18.2. The maximum atomic E-state index is 5.23. The van der Waals surface area contributed by atoms with Crippen LogP contribution in [0.1, 0.15) is 22.8 Å². The summed E-state index contributed by atoms with van der Waals surface area (Å²) in [6.45, 7) is 4.01. The molecule has 0 amide bonds. The first-order valence-electron chi connectivity index (χ1n) is 9.55. The van der Waals surface area contributed by atoms with Crippen LogP contribution >= 0.6 is 11.3 Å². The minimum absolute atomic E-state index is 0.482. The van der Waals surface area contributed by atoms with Crippen LogP contribution in [-0.2, 0) is 26.6 Å². The van der Waals surface area contributed by atoms with E-state index in [-0.39, 0.29) is 0 Å². The Balaban J connectivity index is 1.65. The fourth-order valence-corrected chi connectivity index (χ4v) is 3.55. The van der Waals surface area contributed by atoms with Crippen molar-refractivity contribution in [2.45, 2.75) is 26.4 Å². The molecule has 1 N–H and O–H groups in total. The smallest absolute Gasteiger partial charge is 0.194 e. The number of benzene rings is 1. The number of aromatic nitrogens is 3. The molecule has 0 saturated heterocycles. The molecule has 154 valence electrons. The second-order valence-electron chi connectivity index (χ2n) is 6.87. The van der Waals surface area contributed by atoms with E-state index in [1.807, 2.05) is 30.7 Å². The quantitative estimate of drug-likeness (QED) is 0.455. The third kappa shape index (κ3) is 5.80. The van der Waals surface area contributed by atoms with Crippen molar-refractivity contribution in [3.8, 4) is 5.75 Å². The van der Waals surface area contributed by atoms with Crippen molar-refractivity contribution in [3.05, 3.63) is 63.9 Å². The molecule has 0 atom stereocenters. The number of guanidine groups is 1. The summed E-state index contributed by atoms with van der Waals surface area (Å²) in [4.78, 5) is 6.94. The standard InChI is InChI=1S/C21H28N6OS/c1-16-24-25-20(27(16)3)13-23-21(26(2)14-18-10-12-29-15-18)22-11-9-17-5-7-19(28-4)8-6-17/h5-8,10,12,15H,9,11,13-14H2,1-4H3,(H,22,23). The van der Waals surface area contributed by atoms with Gasteiger partial charge in [0, 0.05) is 27.2 Å². The Labute approximate surface area is 176 Å². The van der Waals surface area contributed by atoms with E-state index in [0.29, 0.717) is 6.54 Å². The zero-order valence-electron chi connectivity index (χ0n) is 17.4. The first kappa shape index (κ1) is 20.9. The Hall–Kier alpha value is -2.87. The van der Waals surface area contributed by atoms with Gasteiger partial charge >= 0.3 is 0 Å². The molecule has 8 heteroatoms. The highest BCUT2D eigenvalue weighted by atomic mass is 32.1. The largest absolute Gasteiger partial charge is 0.497 e. The topological polar surface area (TPSA) is 67.6 Å². The molecular formula is C21H28N6OS. The molecule has 0 spiro atoms. The molecule has 0 aliphatic rings. The number of nitrogens with one attached hydrogen (secondary N) is 1. The van der Waals surface area contributed by atoms with E-state index in [0.717, 1.165) is 42.9 Å². The summed E-state index contributed by atoms with van der Waals surface area (Å²) in [5.74, 6) is 3.46. The van der Waals surface area contributed by atoms with Gasteiger partial charge in [-0.25, -0.2) is 4.99 Å². The van der Waals surface area contributed by atoms with Gasteiger partial charge in [-0.15, -0.1) is 10.2 Å². The third-order valence-electron chi connectivity index (χ3n) is 4.77. The van der Waals surface area contributed by atoms with E-state index in [9.17, 15) is 0 Å². The Morgan fingerprint density at radius 2 is 2.00 bits per heavy atom. The molecule has 0 aliphatic heterocycles. The van der Waals surface area contributed by atoms with E-state index in [2.05, 4.69) is 56.4 Å². The van der Waals surface area contributed by atoms with Crippen molar-refractivity contribution in [2.24, 2.45) is 12.0 Å². The number of thiophene rings is 1. The highest BCUT2D eigenvalue weighted by Crippen LogP contribution is 2.12. The molecule has 2 aromatic heterocycles. The Kier molecular flexibility index (Phi) is 7.24. The average Bonchev–Trinajstić information content (AvgIpc) is 3.35. The van der Waals surface area contributed by atoms with Crippen molar-refractivity contribution < 1.29 is 4.74 Å².